The zero-order chi connectivity index (χ0) is 15.8. The van der Waals surface area contributed by atoms with Crippen LogP contribution >= 0.6 is 0 Å². The first kappa shape index (κ1) is 16.0. The van der Waals surface area contributed by atoms with Gasteiger partial charge < -0.3 is 9.47 Å². The minimum absolute atomic E-state index is 0.299. The van der Waals surface area contributed by atoms with Crippen molar-refractivity contribution < 1.29 is 14.3 Å². The number of carbonyl (C=O) groups excluding carboxylic acids is 1. The highest BCUT2D eigenvalue weighted by molar-refractivity contribution is 5.89. The molecule has 3 heteroatoms. The van der Waals surface area contributed by atoms with Gasteiger partial charge in [-0.1, -0.05) is 49.0 Å². The zero-order valence-electron chi connectivity index (χ0n) is 12.7. The molecule has 0 aliphatic heterocycles. The molecule has 2 aromatic rings. The van der Waals surface area contributed by atoms with Gasteiger partial charge in [0, 0.05) is 0 Å². The van der Waals surface area contributed by atoms with E-state index in [1.807, 2.05) is 42.5 Å². The summed E-state index contributed by atoms with van der Waals surface area (Å²) < 4.78 is 10.6. The molecular weight excluding hydrogens is 276 g/mol. The highest BCUT2D eigenvalue weighted by Gasteiger charge is 2.05. The highest BCUT2D eigenvalue weighted by atomic mass is 16.5. The maximum Gasteiger partial charge on any atom is 0.338 e. The summed E-state index contributed by atoms with van der Waals surface area (Å²) in [6, 6.07) is 17.2. The predicted octanol–water partition coefficient (Wildman–Crippen LogP) is 4.09. The predicted molar refractivity (Wildman–Crippen MR) is 87.5 cm³/mol. The summed E-state index contributed by atoms with van der Waals surface area (Å²) in [5, 5.41) is 0. The average molecular weight is 296 g/mol. The molecule has 0 heterocycles. The summed E-state index contributed by atoms with van der Waals surface area (Å²) >= 11 is 0. The Labute approximate surface area is 131 Å². The number of benzene rings is 2. The lowest BCUT2D eigenvalue weighted by molar-refractivity contribution is 0.0526. The van der Waals surface area contributed by atoms with E-state index in [2.05, 4.69) is 6.58 Å². The number of hydrogen-bond donors (Lipinski definition) is 0. The van der Waals surface area contributed by atoms with Crippen LogP contribution in [0.1, 0.15) is 28.4 Å². The van der Waals surface area contributed by atoms with E-state index in [9.17, 15) is 4.79 Å². The van der Waals surface area contributed by atoms with Gasteiger partial charge in [-0.3, -0.25) is 0 Å². The summed E-state index contributed by atoms with van der Waals surface area (Å²) in [7, 11) is 0. The Morgan fingerprint density at radius 1 is 1.00 bits per heavy atom. The topological polar surface area (TPSA) is 35.5 Å². The summed E-state index contributed by atoms with van der Waals surface area (Å²) in [5.41, 5.74) is 3.59. The minimum Gasteiger partial charge on any atom is -0.462 e. The first-order valence-electron chi connectivity index (χ1n) is 7.27. The molecule has 0 amide bonds. The van der Waals surface area contributed by atoms with Crippen molar-refractivity contribution in [3.63, 3.8) is 0 Å². The van der Waals surface area contributed by atoms with E-state index >= 15 is 0 Å². The molecular formula is C19H20O3. The van der Waals surface area contributed by atoms with Crippen molar-refractivity contribution in [2.45, 2.75) is 13.5 Å². The van der Waals surface area contributed by atoms with E-state index in [0.29, 0.717) is 25.4 Å². The molecule has 0 bridgehead atoms. The summed E-state index contributed by atoms with van der Waals surface area (Å²) in [6.45, 7) is 7.16. The SMILES string of the molecule is C=C(COCc1ccc(C(=O)OCC)cc1)c1ccccc1. The van der Waals surface area contributed by atoms with Crippen molar-refractivity contribution in [3.8, 4) is 0 Å². The number of rotatable bonds is 7. The van der Waals surface area contributed by atoms with Crippen molar-refractivity contribution in [2.24, 2.45) is 0 Å². The lowest BCUT2D eigenvalue weighted by atomic mass is 10.1. The number of ether oxygens (including phenoxy) is 2. The molecule has 0 radical (unpaired) electrons. The van der Waals surface area contributed by atoms with Gasteiger partial charge in [-0.2, -0.15) is 0 Å². The quantitative estimate of drug-likeness (QED) is 0.722. The second-order valence-electron chi connectivity index (χ2n) is 4.88. The van der Waals surface area contributed by atoms with Crippen molar-refractivity contribution in [3.05, 3.63) is 77.9 Å². The molecule has 0 N–H and O–H groups in total. The van der Waals surface area contributed by atoms with E-state index in [4.69, 9.17) is 9.47 Å². The van der Waals surface area contributed by atoms with Crippen LogP contribution in [0.2, 0.25) is 0 Å². The Balaban J connectivity index is 1.82. The Bertz CT molecular complexity index is 615. The maximum atomic E-state index is 11.6. The van der Waals surface area contributed by atoms with Crippen LogP contribution in [0.4, 0.5) is 0 Å². The molecule has 0 aromatic heterocycles. The van der Waals surface area contributed by atoms with Crippen molar-refractivity contribution in [1.29, 1.82) is 0 Å². The van der Waals surface area contributed by atoms with Crippen LogP contribution < -0.4 is 0 Å². The molecule has 2 aromatic carbocycles. The van der Waals surface area contributed by atoms with Crippen LogP contribution in [-0.2, 0) is 16.1 Å². The first-order valence-corrected chi connectivity index (χ1v) is 7.27. The van der Waals surface area contributed by atoms with Gasteiger partial charge >= 0.3 is 5.97 Å². The third-order valence-electron chi connectivity index (χ3n) is 3.19. The largest absolute Gasteiger partial charge is 0.462 e. The molecule has 0 spiro atoms. The van der Waals surface area contributed by atoms with Gasteiger partial charge in [0.15, 0.2) is 0 Å². The Kier molecular flexibility index (Phi) is 5.92. The second kappa shape index (κ2) is 8.15. The first-order chi connectivity index (χ1) is 10.7. The summed E-state index contributed by atoms with van der Waals surface area (Å²) in [4.78, 5) is 11.6. The van der Waals surface area contributed by atoms with Gasteiger partial charge in [-0.15, -0.1) is 0 Å². The zero-order valence-corrected chi connectivity index (χ0v) is 12.7. The van der Waals surface area contributed by atoms with Gasteiger partial charge in [-0.25, -0.2) is 4.79 Å². The highest BCUT2D eigenvalue weighted by Crippen LogP contribution is 2.13. The fourth-order valence-corrected chi connectivity index (χ4v) is 2.00. The van der Waals surface area contributed by atoms with Gasteiger partial charge in [0.05, 0.1) is 25.4 Å². The van der Waals surface area contributed by atoms with Crippen LogP contribution in [0.25, 0.3) is 5.57 Å². The molecule has 0 fully saturated rings. The number of esters is 1. The summed E-state index contributed by atoms with van der Waals surface area (Å²) in [5.74, 6) is -0.299. The monoisotopic (exact) mass is 296 g/mol. The molecule has 22 heavy (non-hydrogen) atoms. The van der Waals surface area contributed by atoms with Gasteiger partial charge in [0.25, 0.3) is 0 Å². The molecule has 0 aliphatic carbocycles. The van der Waals surface area contributed by atoms with Crippen LogP contribution in [0.15, 0.2) is 61.2 Å². The van der Waals surface area contributed by atoms with E-state index in [0.717, 1.165) is 16.7 Å². The Hall–Kier alpha value is -2.39. The average Bonchev–Trinajstić information content (AvgIpc) is 2.56. The smallest absolute Gasteiger partial charge is 0.338 e. The standard InChI is InChI=1S/C19H20O3/c1-3-22-19(20)18-11-9-16(10-12-18)14-21-13-15(2)17-7-5-4-6-8-17/h4-12H,2-3,13-14H2,1H3. The molecule has 0 saturated heterocycles. The fraction of sp³-hybridized carbons (Fsp3) is 0.211. The Morgan fingerprint density at radius 3 is 2.32 bits per heavy atom. The van der Waals surface area contributed by atoms with E-state index in [1.165, 1.54) is 0 Å². The van der Waals surface area contributed by atoms with Crippen LogP contribution in [0.3, 0.4) is 0 Å². The third-order valence-corrected chi connectivity index (χ3v) is 3.19. The second-order valence-corrected chi connectivity index (χ2v) is 4.88. The van der Waals surface area contributed by atoms with Crippen molar-refractivity contribution in [1.82, 2.24) is 0 Å². The molecule has 0 saturated carbocycles. The number of carbonyl (C=O) groups is 1. The fourth-order valence-electron chi connectivity index (χ4n) is 2.00. The van der Waals surface area contributed by atoms with Crippen LogP contribution in [-0.4, -0.2) is 19.2 Å². The molecule has 0 atom stereocenters. The van der Waals surface area contributed by atoms with E-state index in [1.54, 1.807) is 19.1 Å². The molecule has 0 unspecified atom stereocenters. The van der Waals surface area contributed by atoms with E-state index in [-0.39, 0.29) is 5.97 Å². The summed E-state index contributed by atoms with van der Waals surface area (Å²) in [6.07, 6.45) is 0. The number of hydrogen-bond acceptors (Lipinski definition) is 3. The van der Waals surface area contributed by atoms with Crippen LogP contribution in [0, 0.1) is 0 Å². The van der Waals surface area contributed by atoms with Gasteiger partial charge in [0.2, 0.25) is 0 Å². The molecule has 0 aliphatic rings. The van der Waals surface area contributed by atoms with Gasteiger partial charge in [-0.05, 0) is 35.8 Å². The lowest BCUT2D eigenvalue weighted by Crippen LogP contribution is -2.04. The maximum absolute atomic E-state index is 11.6. The molecule has 2 rings (SSSR count). The molecule has 114 valence electrons. The van der Waals surface area contributed by atoms with E-state index < -0.39 is 0 Å². The Morgan fingerprint density at radius 2 is 1.68 bits per heavy atom. The van der Waals surface area contributed by atoms with Gasteiger partial charge in [0.1, 0.15) is 0 Å². The van der Waals surface area contributed by atoms with Crippen LogP contribution in [0.5, 0.6) is 0 Å². The molecule has 3 nitrogen and oxygen atoms in total. The van der Waals surface area contributed by atoms with Crippen molar-refractivity contribution >= 4 is 11.5 Å². The third kappa shape index (κ3) is 4.57. The van der Waals surface area contributed by atoms with Crippen molar-refractivity contribution in [2.75, 3.05) is 13.2 Å². The normalized spacial score (nSPS) is 10.2. The minimum atomic E-state index is -0.299. The lowest BCUT2D eigenvalue weighted by Gasteiger charge is -2.08.